The zero-order chi connectivity index (χ0) is 28.6. The quantitative estimate of drug-likeness (QED) is 0.284. The van der Waals surface area contributed by atoms with Gasteiger partial charge in [0.25, 0.3) is 10.0 Å². The number of sulfonamides is 1. The molecule has 0 heterocycles. The first-order valence-electron chi connectivity index (χ1n) is 12.7. The Kier molecular flexibility index (Phi) is 10.8. The van der Waals surface area contributed by atoms with E-state index in [9.17, 15) is 18.0 Å². The second-order valence-corrected chi connectivity index (χ2v) is 11.9. The molecule has 10 heteroatoms. The van der Waals surface area contributed by atoms with Gasteiger partial charge in [0, 0.05) is 22.6 Å². The van der Waals surface area contributed by atoms with Crippen LogP contribution in [0.5, 0.6) is 0 Å². The van der Waals surface area contributed by atoms with Crippen molar-refractivity contribution in [3.8, 4) is 0 Å². The van der Waals surface area contributed by atoms with Gasteiger partial charge in [-0.3, -0.25) is 13.9 Å². The number of amides is 2. The van der Waals surface area contributed by atoms with Crippen LogP contribution in [0.3, 0.4) is 0 Å². The van der Waals surface area contributed by atoms with Gasteiger partial charge in [-0.05, 0) is 67.8 Å². The number of rotatable bonds is 12. The standard InChI is InChI=1S/C29H33Cl2N3O4S/c1-4-21(3)32-29(36)27(5-2)33(19-22-14-16-23(30)17-15-22)28(35)20-34(25-11-9-10-24(31)18-25)39(37,38)26-12-7-6-8-13-26/h6-18,21,27H,4-5,19-20H2,1-3H3,(H,32,36)/t21-,27-/m1/s1. The van der Waals surface area contributed by atoms with Crippen molar-refractivity contribution in [1.82, 2.24) is 10.2 Å². The van der Waals surface area contributed by atoms with Crippen molar-refractivity contribution >= 4 is 50.7 Å². The summed E-state index contributed by atoms with van der Waals surface area (Å²) in [7, 11) is -4.14. The minimum absolute atomic E-state index is 0.0311. The Morgan fingerprint density at radius 2 is 1.54 bits per heavy atom. The molecule has 0 aromatic heterocycles. The molecule has 0 aliphatic rings. The third kappa shape index (κ3) is 7.97. The monoisotopic (exact) mass is 589 g/mol. The highest BCUT2D eigenvalue weighted by atomic mass is 35.5. The lowest BCUT2D eigenvalue weighted by molar-refractivity contribution is -0.140. The van der Waals surface area contributed by atoms with E-state index in [-0.39, 0.29) is 29.1 Å². The molecule has 3 aromatic rings. The number of nitrogens with one attached hydrogen (secondary N) is 1. The van der Waals surface area contributed by atoms with E-state index in [2.05, 4.69) is 5.32 Å². The maximum absolute atomic E-state index is 14.0. The highest BCUT2D eigenvalue weighted by molar-refractivity contribution is 7.92. The Morgan fingerprint density at radius 3 is 2.13 bits per heavy atom. The van der Waals surface area contributed by atoms with Crippen molar-refractivity contribution in [2.75, 3.05) is 10.8 Å². The number of carbonyl (C=O) groups is 2. The average Bonchev–Trinajstić information content (AvgIpc) is 2.92. The molecule has 0 saturated carbocycles. The van der Waals surface area contributed by atoms with Crippen LogP contribution < -0.4 is 9.62 Å². The molecule has 0 radical (unpaired) electrons. The van der Waals surface area contributed by atoms with Crippen molar-refractivity contribution in [2.45, 2.75) is 57.1 Å². The Labute approximate surface area is 240 Å². The van der Waals surface area contributed by atoms with Crippen LogP contribution in [-0.2, 0) is 26.2 Å². The molecule has 39 heavy (non-hydrogen) atoms. The summed E-state index contributed by atoms with van der Waals surface area (Å²) in [6.07, 6.45) is 1.06. The largest absolute Gasteiger partial charge is 0.352 e. The number of hydrogen-bond donors (Lipinski definition) is 1. The van der Waals surface area contributed by atoms with E-state index in [1.807, 2.05) is 20.8 Å². The SMILES string of the molecule is CC[C@@H](C)NC(=O)[C@@H](CC)N(Cc1ccc(Cl)cc1)C(=O)CN(c1cccc(Cl)c1)S(=O)(=O)c1ccccc1. The lowest BCUT2D eigenvalue weighted by atomic mass is 10.1. The maximum atomic E-state index is 14.0. The Morgan fingerprint density at radius 1 is 0.872 bits per heavy atom. The molecule has 0 fully saturated rings. The summed E-state index contributed by atoms with van der Waals surface area (Å²) in [5, 5.41) is 3.82. The topological polar surface area (TPSA) is 86.8 Å². The summed E-state index contributed by atoms with van der Waals surface area (Å²) in [6.45, 7) is 5.23. The van der Waals surface area contributed by atoms with E-state index in [0.29, 0.717) is 16.5 Å². The van der Waals surface area contributed by atoms with Gasteiger partial charge in [0.2, 0.25) is 11.8 Å². The van der Waals surface area contributed by atoms with Gasteiger partial charge < -0.3 is 10.2 Å². The first-order valence-corrected chi connectivity index (χ1v) is 14.9. The molecule has 0 spiro atoms. The van der Waals surface area contributed by atoms with E-state index >= 15 is 0 Å². The van der Waals surface area contributed by atoms with Crippen LogP contribution in [0.25, 0.3) is 0 Å². The predicted octanol–water partition coefficient (Wildman–Crippen LogP) is 5.91. The maximum Gasteiger partial charge on any atom is 0.264 e. The minimum Gasteiger partial charge on any atom is -0.352 e. The van der Waals surface area contributed by atoms with Crippen LogP contribution in [-0.4, -0.2) is 43.8 Å². The first-order chi connectivity index (χ1) is 18.6. The molecule has 208 valence electrons. The molecule has 7 nitrogen and oxygen atoms in total. The van der Waals surface area contributed by atoms with Crippen molar-refractivity contribution in [1.29, 1.82) is 0 Å². The highest BCUT2D eigenvalue weighted by Crippen LogP contribution is 2.27. The Bertz CT molecular complexity index is 1370. The fraction of sp³-hybridized carbons (Fsp3) is 0.310. The molecule has 2 amide bonds. The number of hydrogen-bond acceptors (Lipinski definition) is 4. The third-order valence-electron chi connectivity index (χ3n) is 6.36. The van der Waals surface area contributed by atoms with Crippen LogP contribution in [0.15, 0.2) is 83.8 Å². The van der Waals surface area contributed by atoms with Crippen molar-refractivity contribution in [3.63, 3.8) is 0 Å². The Hall–Kier alpha value is -3.07. The number of carbonyl (C=O) groups excluding carboxylic acids is 2. The van der Waals surface area contributed by atoms with E-state index in [1.165, 1.54) is 23.1 Å². The normalized spacial score (nSPS) is 12.8. The average molecular weight is 591 g/mol. The summed E-state index contributed by atoms with van der Waals surface area (Å²) >= 11 is 12.3. The molecule has 0 bridgehead atoms. The number of benzene rings is 3. The molecule has 3 rings (SSSR count). The summed E-state index contributed by atoms with van der Waals surface area (Å²) < 4.78 is 28.6. The lowest BCUT2D eigenvalue weighted by Gasteiger charge is -2.33. The van der Waals surface area contributed by atoms with E-state index in [0.717, 1.165) is 16.3 Å². The summed E-state index contributed by atoms with van der Waals surface area (Å²) in [5.41, 5.74) is 0.992. The lowest BCUT2D eigenvalue weighted by Crippen LogP contribution is -2.53. The Balaban J connectivity index is 2.04. The van der Waals surface area contributed by atoms with Crippen molar-refractivity contribution in [2.24, 2.45) is 0 Å². The molecule has 0 unspecified atom stereocenters. The molecule has 2 atom stereocenters. The van der Waals surface area contributed by atoms with E-state index in [1.54, 1.807) is 60.7 Å². The second kappa shape index (κ2) is 13.8. The molecule has 0 saturated heterocycles. The van der Waals surface area contributed by atoms with Gasteiger partial charge in [-0.25, -0.2) is 8.42 Å². The van der Waals surface area contributed by atoms with Gasteiger partial charge in [0.05, 0.1) is 10.6 Å². The molecular formula is C29H33Cl2N3O4S. The van der Waals surface area contributed by atoms with Crippen molar-refractivity contribution in [3.05, 3.63) is 94.5 Å². The zero-order valence-electron chi connectivity index (χ0n) is 22.2. The summed E-state index contributed by atoms with van der Waals surface area (Å²) in [4.78, 5) is 28.7. The third-order valence-corrected chi connectivity index (χ3v) is 8.63. The second-order valence-electron chi connectivity index (χ2n) is 9.19. The van der Waals surface area contributed by atoms with Gasteiger partial charge in [0.1, 0.15) is 12.6 Å². The molecular weight excluding hydrogens is 557 g/mol. The summed E-state index contributed by atoms with van der Waals surface area (Å²) in [6, 6.07) is 20.3. The molecule has 3 aromatic carbocycles. The number of halogens is 2. The van der Waals surface area contributed by atoms with Gasteiger partial charge in [-0.15, -0.1) is 0 Å². The fourth-order valence-electron chi connectivity index (χ4n) is 4.03. The van der Waals surface area contributed by atoms with Crippen molar-refractivity contribution < 1.29 is 18.0 Å². The summed E-state index contributed by atoms with van der Waals surface area (Å²) in [5.74, 6) is -0.829. The van der Waals surface area contributed by atoms with Gasteiger partial charge in [-0.1, -0.05) is 73.4 Å². The zero-order valence-corrected chi connectivity index (χ0v) is 24.5. The highest BCUT2D eigenvalue weighted by Gasteiger charge is 2.34. The van der Waals surface area contributed by atoms with Crippen LogP contribution in [0, 0.1) is 0 Å². The minimum atomic E-state index is -4.14. The van der Waals surface area contributed by atoms with Crippen LogP contribution in [0.2, 0.25) is 10.0 Å². The van der Waals surface area contributed by atoms with Gasteiger partial charge in [-0.2, -0.15) is 0 Å². The first kappa shape index (κ1) is 30.5. The molecule has 0 aliphatic carbocycles. The van der Waals surface area contributed by atoms with E-state index < -0.39 is 28.5 Å². The fourth-order valence-corrected chi connectivity index (χ4v) is 5.76. The predicted molar refractivity (Wildman–Crippen MR) is 156 cm³/mol. The number of anilines is 1. The van der Waals surface area contributed by atoms with E-state index in [4.69, 9.17) is 23.2 Å². The van der Waals surface area contributed by atoms with Crippen LogP contribution in [0.1, 0.15) is 39.2 Å². The van der Waals surface area contributed by atoms with Gasteiger partial charge in [0.15, 0.2) is 0 Å². The molecule has 0 aliphatic heterocycles. The van der Waals surface area contributed by atoms with Crippen LogP contribution >= 0.6 is 23.2 Å². The van der Waals surface area contributed by atoms with Gasteiger partial charge >= 0.3 is 0 Å². The van der Waals surface area contributed by atoms with Crippen LogP contribution in [0.4, 0.5) is 5.69 Å². The molecule has 1 N–H and O–H groups in total. The smallest absolute Gasteiger partial charge is 0.264 e. The number of nitrogens with zero attached hydrogens (tertiary/aromatic N) is 2.